The van der Waals surface area contributed by atoms with Crippen LogP contribution in [0.2, 0.25) is 0 Å². The Labute approximate surface area is 83.4 Å². The third kappa shape index (κ3) is 1.49. The summed E-state index contributed by atoms with van der Waals surface area (Å²) >= 11 is 0. The number of urea groups is 1. The lowest BCUT2D eigenvalue weighted by Crippen LogP contribution is -2.44. The van der Waals surface area contributed by atoms with E-state index >= 15 is 0 Å². The smallest absolute Gasteiger partial charge is 0.315 e. The summed E-state index contributed by atoms with van der Waals surface area (Å²) < 4.78 is 0. The highest BCUT2D eigenvalue weighted by molar-refractivity contribution is 5.84. The van der Waals surface area contributed by atoms with Crippen molar-refractivity contribution in [1.82, 2.24) is 4.90 Å². The van der Waals surface area contributed by atoms with E-state index in [1.165, 1.54) is 0 Å². The molecule has 4 nitrogen and oxygen atoms in total. The number of hydrogen-bond donors (Lipinski definition) is 1. The molecule has 2 amide bonds. The fourth-order valence-electron chi connectivity index (χ4n) is 2.73. The Bertz CT molecular complexity index is 265. The molecule has 0 bridgehead atoms. The number of amides is 2. The SMILES string of the molecule is NC(=O)N1CCCC1C1CCCC1=O. The summed E-state index contributed by atoms with van der Waals surface area (Å²) in [5.74, 6) is 0.396. The van der Waals surface area contributed by atoms with Crippen molar-refractivity contribution in [3.8, 4) is 0 Å². The molecule has 2 rings (SSSR count). The van der Waals surface area contributed by atoms with Gasteiger partial charge in [0.1, 0.15) is 5.78 Å². The van der Waals surface area contributed by atoms with Crippen LogP contribution in [-0.2, 0) is 4.79 Å². The summed E-state index contributed by atoms with van der Waals surface area (Å²) in [6.45, 7) is 0.726. The van der Waals surface area contributed by atoms with Crippen LogP contribution in [-0.4, -0.2) is 29.3 Å². The summed E-state index contributed by atoms with van der Waals surface area (Å²) in [6.07, 6.45) is 4.53. The van der Waals surface area contributed by atoms with E-state index in [2.05, 4.69) is 0 Å². The van der Waals surface area contributed by atoms with Crippen LogP contribution in [0.3, 0.4) is 0 Å². The highest BCUT2D eigenvalue weighted by atomic mass is 16.2. The van der Waals surface area contributed by atoms with Crippen molar-refractivity contribution < 1.29 is 9.59 Å². The second kappa shape index (κ2) is 3.59. The number of carbonyl (C=O) groups excluding carboxylic acids is 2. The molecule has 0 aromatic heterocycles. The molecule has 2 aliphatic rings. The highest BCUT2D eigenvalue weighted by Gasteiger charge is 2.39. The van der Waals surface area contributed by atoms with Crippen molar-refractivity contribution in [3.63, 3.8) is 0 Å². The molecule has 0 radical (unpaired) electrons. The third-order valence-corrected chi connectivity index (χ3v) is 3.40. The van der Waals surface area contributed by atoms with Crippen LogP contribution in [0.1, 0.15) is 32.1 Å². The van der Waals surface area contributed by atoms with E-state index in [4.69, 9.17) is 5.73 Å². The summed E-state index contributed by atoms with van der Waals surface area (Å²) in [7, 11) is 0. The van der Waals surface area contributed by atoms with E-state index in [0.29, 0.717) is 12.2 Å². The Morgan fingerprint density at radius 3 is 2.71 bits per heavy atom. The lowest BCUT2D eigenvalue weighted by atomic mass is 9.95. The van der Waals surface area contributed by atoms with Gasteiger partial charge in [-0.05, 0) is 25.7 Å². The van der Waals surface area contributed by atoms with Gasteiger partial charge in [-0.1, -0.05) is 0 Å². The fourth-order valence-corrected chi connectivity index (χ4v) is 2.73. The maximum Gasteiger partial charge on any atom is 0.315 e. The predicted octanol–water partition coefficient (Wildman–Crippen LogP) is 0.899. The lowest BCUT2D eigenvalue weighted by molar-refractivity contribution is -0.121. The van der Waals surface area contributed by atoms with Crippen molar-refractivity contribution in [2.24, 2.45) is 11.7 Å². The average molecular weight is 196 g/mol. The first-order valence-corrected chi connectivity index (χ1v) is 5.29. The zero-order valence-corrected chi connectivity index (χ0v) is 8.24. The molecule has 4 heteroatoms. The number of primary amides is 1. The molecule has 1 saturated heterocycles. The molecular weight excluding hydrogens is 180 g/mol. The van der Waals surface area contributed by atoms with Gasteiger partial charge in [0.25, 0.3) is 0 Å². The van der Waals surface area contributed by atoms with Crippen molar-refractivity contribution in [2.45, 2.75) is 38.1 Å². The number of Topliss-reactive ketones (excluding diaryl/α,β-unsaturated/α-hetero) is 1. The molecule has 78 valence electrons. The molecule has 2 atom stereocenters. The normalized spacial score (nSPS) is 32.6. The van der Waals surface area contributed by atoms with E-state index < -0.39 is 0 Å². The molecule has 2 fully saturated rings. The van der Waals surface area contributed by atoms with Gasteiger partial charge in [-0.2, -0.15) is 0 Å². The number of ketones is 1. The standard InChI is InChI=1S/C10H16N2O2/c11-10(14)12-6-2-4-8(12)7-3-1-5-9(7)13/h7-8H,1-6H2,(H2,11,14). The van der Waals surface area contributed by atoms with Gasteiger partial charge in [0.05, 0.1) is 0 Å². The quantitative estimate of drug-likeness (QED) is 0.677. The van der Waals surface area contributed by atoms with E-state index in [0.717, 1.165) is 32.2 Å². The first-order valence-electron chi connectivity index (χ1n) is 5.29. The highest BCUT2D eigenvalue weighted by Crippen LogP contribution is 2.32. The van der Waals surface area contributed by atoms with Crippen molar-refractivity contribution in [1.29, 1.82) is 0 Å². The monoisotopic (exact) mass is 196 g/mol. The van der Waals surface area contributed by atoms with E-state index in [-0.39, 0.29) is 18.0 Å². The molecule has 1 saturated carbocycles. The minimum absolute atomic E-state index is 0.0741. The Morgan fingerprint density at radius 1 is 1.36 bits per heavy atom. The van der Waals surface area contributed by atoms with E-state index in [1.807, 2.05) is 0 Å². The number of hydrogen-bond acceptors (Lipinski definition) is 2. The van der Waals surface area contributed by atoms with Gasteiger partial charge in [-0.15, -0.1) is 0 Å². The number of nitrogens with zero attached hydrogens (tertiary/aromatic N) is 1. The second-order valence-corrected chi connectivity index (χ2v) is 4.21. The Balaban J connectivity index is 2.09. The maximum absolute atomic E-state index is 11.6. The Kier molecular flexibility index (Phi) is 2.44. The molecule has 14 heavy (non-hydrogen) atoms. The molecule has 1 heterocycles. The average Bonchev–Trinajstić information content (AvgIpc) is 2.70. The van der Waals surface area contributed by atoms with Crippen LogP contribution in [0.15, 0.2) is 0 Å². The summed E-state index contributed by atoms with van der Waals surface area (Å²) in [6, 6.07) is -0.269. The molecule has 0 aromatic carbocycles. The molecule has 0 spiro atoms. The zero-order chi connectivity index (χ0) is 10.1. The predicted molar refractivity (Wildman–Crippen MR) is 51.7 cm³/mol. The molecule has 1 aliphatic heterocycles. The minimum Gasteiger partial charge on any atom is -0.351 e. The first-order chi connectivity index (χ1) is 6.70. The van der Waals surface area contributed by atoms with Crippen LogP contribution >= 0.6 is 0 Å². The van der Waals surface area contributed by atoms with Gasteiger partial charge in [0.15, 0.2) is 0 Å². The van der Waals surface area contributed by atoms with Gasteiger partial charge in [0, 0.05) is 24.9 Å². The van der Waals surface area contributed by atoms with Crippen molar-refractivity contribution >= 4 is 11.8 Å². The van der Waals surface area contributed by atoms with E-state index in [1.54, 1.807) is 4.90 Å². The zero-order valence-electron chi connectivity index (χ0n) is 8.24. The number of nitrogens with two attached hydrogens (primary N) is 1. The summed E-state index contributed by atoms with van der Waals surface area (Å²) in [5.41, 5.74) is 5.28. The second-order valence-electron chi connectivity index (χ2n) is 4.21. The molecule has 1 aliphatic carbocycles. The minimum atomic E-state index is -0.368. The van der Waals surface area contributed by atoms with Gasteiger partial charge < -0.3 is 10.6 Å². The number of rotatable bonds is 1. The van der Waals surface area contributed by atoms with Crippen LogP contribution in [0.25, 0.3) is 0 Å². The van der Waals surface area contributed by atoms with E-state index in [9.17, 15) is 9.59 Å². The summed E-state index contributed by atoms with van der Waals surface area (Å²) in [4.78, 5) is 24.3. The molecule has 2 N–H and O–H groups in total. The van der Waals surface area contributed by atoms with Crippen molar-refractivity contribution in [2.75, 3.05) is 6.54 Å². The maximum atomic E-state index is 11.6. The van der Waals surface area contributed by atoms with Gasteiger partial charge in [0.2, 0.25) is 0 Å². The molecule has 0 aromatic rings. The van der Waals surface area contributed by atoms with Crippen LogP contribution in [0.5, 0.6) is 0 Å². The van der Waals surface area contributed by atoms with Crippen LogP contribution in [0, 0.1) is 5.92 Å². The lowest BCUT2D eigenvalue weighted by Gasteiger charge is -2.26. The number of carbonyl (C=O) groups is 2. The largest absolute Gasteiger partial charge is 0.351 e. The Hall–Kier alpha value is -1.06. The first kappa shape index (κ1) is 9.49. The molecular formula is C10H16N2O2. The van der Waals surface area contributed by atoms with Gasteiger partial charge >= 0.3 is 6.03 Å². The number of likely N-dealkylation sites (tertiary alicyclic amines) is 1. The molecule has 2 unspecified atom stereocenters. The van der Waals surface area contributed by atoms with Crippen LogP contribution < -0.4 is 5.73 Å². The van der Waals surface area contributed by atoms with Gasteiger partial charge in [-0.3, -0.25) is 4.79 Å². The Morgan fingerprint density at radius 2 is 2.14 bits per heavy atom. The topological polar surface area (TPSA) is 63.4 Å². The van der Waals surface area contributed by atoms with Crippen LogP contribution in [0.4, 0.5) is 4.79 Å². The fraction of sp³-hybridized carbons (Fsp3) is 0.800. The van der Waals surface area contributed by atoms with Crippen molar-refractivity contribution in [3.05, 3.63) is 0 Å². The summed E-state index contributed by atoms with van der Waals surface area (Å²) in [5, 5.41) is 0. The third-order valence-electron chi connectivity index (χ3n) is 3.40. The van der Waals surface area contributed by atoms with Gasteiger partial charge in [-0.25, -0.2) is 4.79 Å².